The molecule has 3 rings (SSSR count). The van der Waals surface area contributed by atoms with Gasteiger partial charge in [0.05, 0.1) is 24.4 Å². The van der Waals surface area contributed by atoms with Crippen molar-refractivity contribution < 1.29 is 10.2 Å². The van der Waals surface area contributed by atoms with Crippen molar-refractivity contribution in [2.75, 3.05) is 13.2 Å². The number of aromatic hydroxyl groups is 1. The average molecular weight is 343 g/mol. The van der Waals surface area contributed by atoms with Crippen LogP contribution in [0.4, 0.5) is 0 Å². The Labute approximate surface area is 143 Å². The van der Waals surface area contributed by atoms with Gasteiger partial charge in [-0.25, -0.2) is 4.57 Å². The van der Waals surface area contributed by atoms with Crippen LogP contribution in [0.1, 0.15) is 5.56 Å². The molecule has 0 atom stereocenters. The number of pyridine rings is 1. The van der Waals surface area contributed by atoms with Gasteiger partial charge in [-0.05, 0) is 24.3 Å². The predicted molar refractivity (Wildman–Crippen MR) is 95.8 cm³/mol. The molecule has 0 radical (unpaired) electrons. The van der Waals surface area contributed by atoms with Crippen LogP contribution in [0.3, 0.4) is 0 Å². The summed E-state index contributed by atoms with van der Waals surface area (Å²) in [7, 11) is 0. The number of aromatic nitrogens is 1. The maximum atomic E-state index is 12.8. The first-order chi connectivity index (χ1) is 11.6. The maximum Gasteiger partial charge on any atom is 0.265 e. The van der Waals surface area contributed by atoms with E-state index in [1.54, 1.807) is 48.5 Å². The molecule has 1 aromatic heterocycles. The lowest BCUT2D eigenvalue weighted by molar-refractivity contribution is 0.307. The van der Waals surface area contributed by atoms with E-state index in [4.69, 9.17) is 16.7 Å². The highest BCUT2D eigenvalue weighted by Gasteiger charge is 2.16. The zero-order chi connectivity index (χ0) is 17.1. The maximum absolute atomic E-state index is 12.8. The van der Waals surface area contributed by atoms with Crippen molar-refractivity contribution in [2.45, 2.75) is 0 Å². The Hall–Kier alpha value is -2.63. The highest BCUT2D eigenvalue weighted by Crippen LogP contribution is 2.26. The van der Waals surface area contributed by atoms with Gasteiger partial charge >= 0.3 is 0 Å². The summed E-state index contributed by atoms with van der Waals surface area (Å²) in [5, 5.41) is 21.1. The molecule has 0 fully saturated rings. The van der Waals surface area contributed by atoms with Gasteiger partial charge in [0, 0.05) is 22.0 Å². The molecule has 0 aliphatic rings. The van der Waals surface area contributed by atoms with Gasteiger partial charge in [0.2, 0.25) is 5.88 Å². The smallest absolute Gasteiger partial charge is 0.265 e. The normalized spacial score (nSPS) is 11.4. The van der Waals surface area contributed by atoms with Crippen LogP contribution >= 0.6 is 11.6 Å². The summed E-state index contributed by atoms with van der Waals surface area (Å²) in [6, 6.07) is 13.7. The van der Waals surface area contributed by atoms with E-state index < -0.39 is 0 Å². The predicted octanol–water partition coefficient (Wildman–Crippen LogP) is 2.76. The quantitative estimate of drug-likeness (QED) is 0.716. The van der Waals surface area contributed by atoms with Gasteiger partial charge < -0.3 is 10.2 Å². The molecule has 3 aromatic rings. The molecule has 0 aliphatic heterocycles. The van der Waals surface area contributed by atoms with Crippen molar-refractivity contribution in [2.24, 2.45) is 4.99 Å². The summed E-state index contributed by atoms with van der Waals surface area (Å²) in [4.78, 5) is 16.9. The molecule has 0 unspecified atom stereocenters. The lowest BCUT2D eigenvalue weighted by Crippen LogP contribution is -2.20. The number of nitrogens with zero attached hydrogens (tertiary/aromatic N) is 2. The van der Waals surface area contributed by atoms with Gasteiger partial charge in [-0.3, -0.25) is 9.79 Å². The highest BCUT2D eigenvalue weighted by molar-refractivity contribution is 6.30. The van der Waals surface area contributed by atoms with Crippen molar-refractivity contribution in [3.8, 4) is 11.6 Å². The Kier molecular flexibility index (Phi) is 4.64. The minimum atomic E-state index is -0.343. The molecule has 5 nitrogen and oxygen atoms in total. The number of fused-ring (bicyclic) bond motifs is 1. The molecule has 0 aliphatic carbocycles. The summed E-state index contributed by atoms with van der Waals surface area (Å²) in [6.07, 6.45) is 1.47. The van der Waals surface area contributed by atoms with E-state index in [2.05, 4.69) is 4.99 Å². The van der Waals surface area contributed by atoms with Crippen LogP contribution in [0, 0.1) is 0 Å². The van der Waals surface area contributed by atoms with E-state index in [9.17, 15) is 9.90 Å². The number of hydrogen-bond donors (Lipinski definition) is 2. The molecular formula is C18H15ClN2O3. The molecule has 0 amide bonds. The number of halogens is 1. The Morgan fingerprint density at radius 3 is 2.58 bits per heavy atom. The summed E-state index contributed by atoms with van der Waals surface area (Å²) < 4.78 is 1.20. The van der Waals surface area contributed by atoms with Crippen LogP contribution in [0.15, 0.2) is 58.3 Å². The van der Waals surface area contributed by atoms with Crippen molar-refractivity contribution in [3.63, 3.8) is 0 Å². The molecule has 0 bridgehead atoms. The Morgan fingerprint density at radius 1 is 1.12 bits per heavy atom. The van der Waals surface area contributed by atoms with Crippen LogP contribution in [0.25, 0.3) is 16.5 Å². The van der Waals surface area contributed by atoms with E-state index >= 15 is 0 Å². The Morgan fingerprint density at radius 2 is 1.88 bits per heavy atom. The molecule has 1 heterocycles. The van der Waals surface area contributed by atoms with Crippen molar-refractivity contribution in [1.29, 1.82) is 0 Å². The van der Waals surface area contributed by atoms with Crippen LogP contribution in [0.5, 0.6) is 5.88 Å². The van der Waals surface area contributed by atoms with E-state index in [1.165, 1.54) is 10.8 Å². The lowest BCUT2D eigenvalue weighted by Gasteiger charge is -2.13. The SMILES string of the molecule is O=c1c2ccccc2c(C=NCCO)c(O)n1-c1cccc(Cl)c1. The molecule has 2 aromatic carbocycles. The fourth-order valence-corrected chi connectivity index (χ4v) is 2.74. The van der Waals surface area contributed by atoms with Gasteiger partial charge in [0.1, 0.15) is 0 Å². The number of aliphatic hydroxyl groups excluding tert-OH is 1. The third-order valence-corrected chi connectivity index (χ3v) is 3.85. The standard InChI is InChI=1S/C18H15ClN2O3/c19-12-4-3-5-13(10-12)21-17(23)15-7-2-1-6-14(15)16(18(21)24)11-20-8-9-22/h1-7,10-11,22,24H,8-9H2. The van der Waals surface area contributed by atoms with Crippen LogP contribution in [0.2, 0.25) is 5.02 Å². The molecular weight excluding hydrogens is 328 g/mol. The first-order valence-electron chi connectivity index (χ1n) is 7.37. The van der Waals surface area contributed by atoms with Crippen LogP contribution in [-0.2, 0) is 0 Å². The van der Waals surface area contributed by atoms with E-state index in [-0.39, 0.29) is 24.6 Å². The number of hydrogen-bond acceptors (Lipinski definition) is 4. The fourth-order valence-electron chi connectivity index (χ4n) is 2.56. The van der Waals surface area contributed by atoms with Gasteiger partial charge in [0.25, 0.3) is 5.56 Å². The van der Waals surface area contributed by atoms with Crippen molar-refractivity contribution in [3.05, 3.63) is 69.5 Å². The first kappa shape index (κ1) is 16.2. The van der Waals surface area contributed by atoms with Gasteiger partial charge in [-0.2, -0.15) is 0 Å². The second-order valence-electron chi connectivity index (χ2n) is 5.16. The molecule has 122 valence electrons. The number of benzene rings is 2. The minimum Gasteiger partial charge on any atom is -0.494 e. The zero-order valence-corrected chi connectivity index (χ0v) is 13.4. The second kappa shape index (κ2) is 6.86. The molecule has 0 spiro atoms. The topological polar surface area (TPSA) is 74.8 Å². The number of aliphatic hydroxyl groups is 1. The monoisotopic (exact) mass is 342 g/mol. The number of aliphatic imine (C=N–C) groups is 1. The Balaban J connectivity index is 2.36. The molecule has 2 N–H and O–H groups in total. The zero-order valence-electron chi connectivity index (χ0n) is 12.7. The van der Waals surface area contributed by atoms with E-state index in [1.807, 2.05) is 0 Å². The van der Waals surface area contributed by atoms with Crippen molar-refractivity contribution >= 4 is 28.6 Å². The van der Waals surface area contributed by atoms with Crippen LogP contribution < -0.4 is 5.56 Å². The molecule has 6 heteroatoms. The van der Waals surface area contributed by atoms with Gasteiger partial charge in [-0.15, -0.1) is 0 Å². The molecule has 24 heavy (non-hydrogen) atoms. The van der Waals surface area contributed by atoms with Gasteiger partial charge in [0.15, 0.2) is 0 Å². The lowest BCUT2D eigenvalue weighted by atomic mass is 10.1. The third kappa shape index (κ3) is 2.91. The molecule has 0 saturated heterocycles. The first-order valence-corrected chi connectivity index (χ1v) is 7.74. The summed E-state index contributed by atoms with van der Waals surface area (Å²) in [5.41, 5.74) is 0.538. The summed E-state index contributed by atoms with van der Waals surface area (Å²) in [6.45, 7) is 0.118. The second-order valence-corrected chi connectivity index (χ2v) is 5.60. The minimum absolute atomic E-state index is 0.0941. The van der Waals surface area contributed by atoms with E-state index in [0.717, 1.165) is 0 Å². The summed E-state index contributed by atoms with van der Waals surface area (Å²) >= 11 is 6.01. The van der Waals surface area contributed by atoms with Crippen LogP contribution in [-0.4, -0.2) is 34.1 Å². The summed E-state index contributed by atoms with van der Waals surface area (Å²) in [5.74, 6) is -0.220. The third-order valence-electron chi connectivity index (χ3n) is 3.62. The van der Waals surface area contributed by atoms with Crippen molar-refractivity contribution in [1.82, 2.24) is 4.57 Å². The average Bonchev–Trinajstić information content (AvgIpc) is 2.58. The van der Waals surface area contributed by atoms with E-state index in [0.29, 0.717) is 27.0 Å². The largest absolute Gasteiger partial charge is 0.494 e. The molecule has 0 saturated carbocycles. The fraction of sp³-hybridized carbons (Fsp3) is 0.111. The van der Waals surface area contributed by atoms with Gasteiger partial charge in [-0.1, -0.05) is 35.9 Å². The highest BCUT2D eigenvalue weighted by atomic mass is 35.5. The Bertz CT molecular complexity index is 980. The number of rotatable bonds is 4.